The third-order valence-corrected chi connectivity index (χ3v) is 3.07. The molecule has 1 aliphatic heterocycles. The predicted octanol–water partition coefficient (Wildman–Crippen LogP) is 2.35. The number of hydrogen-bond acceptors (Lipinski definition) is 4. The maximum atomic E-state index is 5.93. The number of hydrogen-bond donors (Lipinski definition) is 1. The molecule has 3 heterocycles. The number of halogens is 1. The smallest absolute Gasteiger partial charge is 0.219 e. The summed E-state index contributed by atoms with van der Waals surface area (Å²) in [5, 5.41) is 3.78. The molecule has 4 nitrogen and oxygen atoms in total. The highest BCUT2D eigenvalue weighted by Gasteiger charge is 2.20. The summed E-state index contributed by atoms with van der Waals surface area (Å²) in [5.74, 6) is 0.598. The van der Waals surface area contributed by atoms with Crippen LogP contribution >= 0.6 is 11.6 Å². The fourth-order valence-corrected chi connectivity index (χ4v) is 2.09. The van der Waals surface area contributed by atoms with E-state index >= 15 is 0 Å². The number of pyridine rings is 2. The van der Waals surface area contributed by atoms with Gasteiger partial charge in [-0.2, -0.15) is 0 Å². The van der Waals surface area contributed by atoms with Crippen LogP contribution in [0.15, 0.2) is 36.7 Å². The molecule has 0 radical (unpaired) electrons. The van der Waals surface area contributed by atoms with Crippen LogP contribution in [0.5, 0.6) is 5.88 Å². The topological polar surface area (TPSA) is 47.0 Å². The second kappa shape index (κ2) is 4.92. The van der Waals surface area contributed by atoms with E-state index in [-0.39, 0.29) is 6.10 Å². The fourth-order valence-electron chi connectivity index (χ4n) is 1.95. The molecule has 0 aliphatic carbocycles. The SMILES string of the molecule is Clc1ccc2c(n1)OC(c1cccnc1)CNC2. The zero-order chi connectivity index (χ0) is 12.4. The molecule has 2 aromatic heterocycles. The zero-order valence-electron chi connectivity index (χ0n) is 9.64. The molecule has 0 fully saturated rings. The largest absolute Gasteiger partial charge is 0.468 e. The molecule has 1 aliphatic rings. The quantitative estimate of drug-likeness (QED) is 0.801. The van der Waals surface area contributed by atoms with Gasteiger partial charge in [-0.15, -0.1) is 0 Å². The average molecular weight is 262 g/mol. The van der Waals surface area contributed by atoms with Crippen molar-refractivity contribution in [2.45, 2.75) is 12.6 Å². The average Bonchev–Trinajstić information content (AvgIpc) is 2.61. The van der Waals surface area contributed by atoms with Crippen LogP contribution in [-0.4, -0.2) is 16.5 Å². The van der Waals surface area contributed by atoms with Crippen LogP contribution in [0.1, 0.15) is 17.2 Å². The van der Waals surface area contributed by atoms with Crippen LogP contribution in [0.3, 0.4) is 0 Å². The molecule has 5 heteroatoms. The first-order valence-electron chi connectivity index (χ1n) is 5.75. The van der Waals surface area contributed by atoms with Crippen molar-refractivity contribution in [2.24, 2.45) is 0 Å². The standard InChI is InChI=1S/C13H12ClN3O/c14-12-4-3-10-7-16-8-11(18-13(10)17-12)9-2-1-5-15-6-9/h1-6,11,16H,7-8H2. The molecule has 0 saturated heterocycles. The zero-order valence-corrected chi connectivity index (χ0v) is 10.4. The summed E-state index contributed by atoms with van der Waals surface area (Å²) in [6.45, 7) is 1.45. The molecule has 1 atom stereocenters. The minimum atomic E-state index is -0.0917. The van der Waals surface area contributed by atoms with Gasteiger partial charge in [0.25, 0.3) is 0 Å². The van der Waals surface area contributed by atoms with Crippen LogP contribution in [0.4, 0.5) is 0 Å². The van der Waals surface area contributed by atoms with Gasteiger partial charge in [0.2, 0.25) is 5.88 Å². The Kier molecular flexibility index (Phi) is 3.13. The first-order chi connectivity index (χ1) is 8.83. The molecule has 3 rings (SSSR count). The summed E-state index contributed by atoms with van der Waals surface area (Å²) >= 11 is 5.90. The maximum Gasteiger partial charge on any atom is 0.219 e. The highest BCUT2D eigenvalue weighted by Crippen LogP contribution is 2.27. The van der Waals surface area contributed by atoms with Crippen molar-refractivity contribution in [2.75, 3.05) is 6.54 Å². The first-order valence-corrected chi connectivity index (χ1v) is 6.13. The van der Waals surface area contributed by atoms with Crippen molar-refractivity contribution in [3.05, 3.63) is 52.9 Å². The van der Waals surface area contributed by atoms with E-state index < -0.39 is 0 Å². The Morgan fingerprint density at radius 3 is 3.11 bits per heavy atom. The lowest BCUT2D eigenvalue weighted by Crippen LogP contribution is -2.21. The Hall–Kier alpha value is -1.65. The van der Waals surface area contributed by atoms with E-state index in [1.165, 1.54) is 0 Å². The van der Waals surface area contributed by atoms with E-state index in [0.717, 1.165) is 24.2 Å². The third kappa shape index (κ3) is 2.30. The second-order valence-corrected chi connectivity index (χ2v) is 4.51. The van der Waals surface area contributed by atoms with E-state index in [4.69, 9.17) is 16.3 Å². The van der Waals surface area contributed by atoms with E-state index in [1.807, 2.05) is 24.4 Å². The first kappa shape index (κ1) is 11.4. The molecule has 0 spiro atoms. The molecule has 0 amide bonds. The number of fused-ring (bicyclic) bond motifs is 1. The lowest BCUT2D eigenvalue weighted by Gasteiger charge is -2.16. The van der Waals surface area contributed by atoms with E-state index in [9.17, 15) is 0 Å². The number of ether oxygens (including phenoxy) is 1. The molecule has 18 heavy (non-hydrogen) atoms. The number of aromatic nitrogens is 2. The van der Waals surface area contributed by atoms with Gasteiger partial charge in [0.15, 0.2) is 0 Å². The van der Waals surface area contributed by atoms with E-state index in [2.05, 4.69) is 15.3 Å². The summed E-state index contributed by atoms with van der Waals surface area (Å²) in [6, 6.07) is 7.60. The maximum absolute atomic E-state index is 5.93. The summed E-state index contributed by atoms with van der Waals surface area (Å²) < 4.78 is 5.93. The minimum absolute atomic E-state index is 0.0917. The Labute approximate surface area is 110 Å². The van der Waals surface area contributed by atoms with Crippen molar-refractivity contribution in [1.29, 1.82) is 0 Å². The van der Waals surface area contributed by atoms with Gasteiger partial charge < -0.3 is 10.1 Å². The predicted molar refractivity (Wildman–Crippen MR) is 68.6 cm³/mol. The Morgan fingerprint density at radius 1 is 1.33 bits per heavy atom. The normalized spacial score (nSPS) is 18.6. The van der Waals surface area contributed by atoms with Gasteiger partial charge in [-0.05, 0) is 18.2 Å². The van der Waals surface area contributed by atoms with Gasteiger partial charge in [0.05, 0.1) is 0 Å². The van der Waals surface area contributed by atoms with Crippen molar-refractivity contribution in [3.8, 4) is 5.88 Å². The monoisotopic (exact) mass is 261 g/mol. The van der Waals surface area contributed by atoms with Gasteiger partial charge in [-0.25, -0.2) is 4.98 Å². The molecule has 0 bridgehead atoms. The minimum Gasteiger partial charge on any atom is -0.468 e. The lowest BCUT2D eigenvalue weighted by atomic mass is 10.1. The molecular formula is C13H12ClN3O. The van der Waals surface area contributed by atoms with Gasteiger partial charge in [0, 0.05) is 36.6 Å². The van der Waals surface area contributed by atoms with Gasteiger partial charge in [-0.1, -0.05) is 17.7 Å². The van der Waals surface area contributed by atoms with Gasteiger partial charge >= 0.3 is 0 Å². The molecule has 1 N–H and O–H groups in total. The van der Waals surface area contributed by atoms with Crippen LogP contribution < -0.4 is 10.1 Å². The summed E-state index contributed by atoms with van der Waals surface area (Å²) in [7, 11) is 0. The Bertz CT molecular complexity index is 547. The van der Waals surface area contributed by atoms with Crippen molar-refractivity contribution < 1.29 is 4.74 Å². The summed E-state index contributed by atoms with van der Waals surface area (Å²) in [4.78, 5) is 8.34. The van der Waals surface area contributed by atoms with Crippen LogP contribution in [0.25, 0.3) is 0 Å². The number of nitrogens with one attached hydrogen (secondary N) is 1. The Morgan fingerprint density at radius 2 is 2.28 bits per heavy atom. The number of rotatable bonds is 1. The molecule has 2 aromatic rings. The highest BCUT2D eigenvalue weighted by atomic mass is 35.5. The molecular weight excluding hydrogens is 250 g/mol. The summed E-state index contributed by atoms with van der Waals surface area (Å²) in [5.41, 5.74) is 2.05. The third-order valence-electron chi connectivity index (χ3n) is 2.86. The molecule has 1 unspecified atom stereocenters. The van der Waals surface area contributed by atoms with E-state index in [0.29, 0.717) is 11.0 Å². The van der Waals surface area contributed by atoms with Crippen molar-refractivity contribution >= 4 is 11.6 Å². The van der Waals surface area contributed by atoms with Crippen LogP contribution in [-0.2, 0) is 6.54 Å². The van der Waals surface area contributed by atoms with Gasteiger partial charge in [-0.3, -0.25) is 4.98 Å². The fraction of sp³-hybridized carbons (Fsp3) is 0.231. The molecule has 0 aromatic carbocycles. The van der Waals surface area contributed by atoms with Gasteiger partial charge in [0.1, 0.15) is 11.3 Å². The molecule has 92 valence electrons. The van der Waals surface area contributed by atoms with Crippen molar-refractivity contribution in [3.63, 3.8) is 0 Å². The van der Waals surface area contributed by atoms with Crippen LogP contribution in [0.2, 0.25) is 5.15 Å². The summed E-state index contributed by atoms with van der Waals surface area (Å²) in [6.07, 6.45) is 3.46. The number of nitrogens with zero attached hydrogens (tertiary/aromatic N) is 2. The lowest BCUT2D eigenvalue weighted by molar-refractivity contribution is 0.202. The van der Waals surface area contributed by atoms with Crippen molar-refractivity contribution in [1.82, 2.24) is 15.3 Å². The Balaban J connectivity index is 1.92. The van der Waals surface area contributed by atoms with Crippen LogP contribution in [0, 0.1) is 0 Å². The van der Waals surface area contributed by atoms with E-state index in [1.54, 1.807) is 12.3 Å². The highest BCUT2D eigenvalue weighted by molar-refractivity contribution is 6.29. The second-order valence-electron chi connectivity index (χ2n) is 4.12. The molecule has 0 saturated carbocycles.